The predicted molar refractivity (Wildman–Crippen MR) is 79.4 cm³/mol. The Balaban J connectivity index is 1.78. The van der Waals surface area contributed by atoms with Crippen molar-refractivity contribution in [1.29, 1.82) is 0 Å². The second-order valence-corrected chi connectivity index (χ2v) is 5.78. The molecule has 0 saturated carbocycles. The van der Waals surface area contributed by atoms with E-state index in [4.69, 9.17) is 21.1 Å². The van der Waals surface area contributed by atoms with Crippen LogP contribution < -0.4 is 4.74 Å². The molecule has 1 N–H and O–H groups in total. The van der Waals surface area contributed by atoms with Gasteiger partial charge in [0.15, 0.2) is 0 Å². The lowest BCUT2D eigenvalue weighted by Gasteiger charge is -2.36. The standard InChI is InChI=1S/C15H22ClNO3/c1-11-7-17(8-12(2)20-11)9-13(18)10-19-15-6-4-3-5-14(15)16/h3-6,11-13,18H,7-10H2,1-2H3/t11-,12+,13-/m0/s1. The smallest absolute Gasteiger partial charge is 0.138 e. The molecule has 0 aliphatic carbocycles. The first-order valence-electron chi connectivity index (χ1n) is 6.98. The Morgan fingerprint density at radius 2 is 2.00 bits per heavy atom. The fraction of sp³-hybridized carbons (Fsp3) is 0.600. The molecule has 1 aromatic carbocycles. The third-order valence-electron chi connectivity index (χ3n) is 3.23. The van der Waals surface area contributed by atoms with Gasteiger partial charge in [0, 0.05) is 19.6 Å². The van der Waals surface area contributed by atoms with Crippen molar-refractivity contribution < 1.29 is 14.6 Å². The van der Waals surface area contributed by atoms with Crippen LogP contribution in [0.2, 0.25) is 5.02 Å². The Labute approximate surface area is 125 Å². The molecule has 5 heteroatoms. The van der Waals surface area contributed by atoms with Gasteiger partial charge in [-0.15, -0.1) is 0 Å². The van der Waals surface area contributed by atoms with Crippen LogP contribution in [0.3, 0.4) is 0 Å². The number of rotatable bonds is 5. The van der Waals surface area contributed by atoms with E-state index in [1.54, 1.807) is 12.1 Å². The molecule has 1 aliphatic heterocycles. The number of aliphatic hydroxyl groups excluding tert-OH is 1. The number of ether oxygens (including phenoxy) is 2. The summed E-state index contributed by atoms with van der Waals surface area (Å²) >= 11 is 6.00. The quantitative estimate of drug-likeness (QED) is 0.905. The minimum Gasteiger partial charge on any atom is -0.489 e. The van der Waals surface area contributed by atoms with Crippen LogP contribution in [0.4, 0.5) is 0 Å². The summed E-state index contributed by atoms with van der Waals surface area (Å²) in [6, 6.07) is 7.28. The third kappa shape index (κ3) is 4.63. The van der Waals surface area contributed by atoms with E-state index < -0.39 is 6.10 Å². The van der Waals surface area contributed by atoms with Gasteiger partial charge in [0.2, 0.25) is 0 Å². The largest absolute Gasteiger partial charge is 0.489 e. The van der Waals surface area contributed by atoms with Crippen LogP contribution in [0, 0.1) is 0 Å². The van der Waals surface area contributed by atoms with Crippen molar-refractivity contribution in [2.24, 2.45) is 0 Å². The molecule has 0 amide bonds. The summed E-state index contributed by atoms with van der Waals surface area (Å²) < 4.78 is 11.2. The van der Waals surface area contributed by atoms with Crippen LogP contribution >= 0.6 is 11.6 Å². The van der Waals surface area contributed by atoms with Gasteiger partial charge < -0.3 is 14.6 Å². The van der Waals surface area contributed by atoms with E-state index in [1.165, 1.54) is 0 Å². The normalized spacial score (nSPS) is 25.4. The molecule has 4 nitrogen and oxygen atoms in total. The number of nitrogens with zero attached hydrogens (tertiary/aromatic N) is 1. The van der Waals surface area contributed by atoms with E-state index in [-0.39, 0.29) is 18.8 Å². The zero-order valence-corrected chi connectivity index (χ0v) is 12.7. The minimum atomic E-state index is -0.538. The molecule has 0 unspecified atom stereocenters. The van der Waals surface area contributed by atoms with Crippen molar-refractivity contribution in [3.8, 4) is 5.75 Å². The SMILES string of the molecule is C[C@@H]1CN(C[C@H](O)COc2ccccc2Cl)C[C@H](C)O1. The minimum absolute atomic E-state index is 0.204. The first-order chi connectivity index (χ1) is 9.54. The highest BCUT2D eigenvalue weighted by Gasteiger charge is 2.23. The van der Waals surface area contributed by atoms with Gasteiger partial charge >= 0.3 is 0 Å². The van der Waals surface area contributed by atoms with E-state index in [1.807, 2.05) is 12.1 Å². The lowest BCUT2D eigenvalue weighted by molar-refractivity contribution is -0.0786. The fourth-order valence-electron chi connectivity index (χ4n) is 2.53. The van der Waals surface area contributed by atoms with Gasteiger partial charge in [-0.05, 0) is 26.0 Å². The summed E-state index contributed by atoms with van der Waals surface area (Å²) in [6.45, 7) is 6.61. The maximum atomic E-state index is 10.1. The third-order valence-corrected chi connectivity index (χ3v) is 3.54. The zero-order chi connectivity index (χ0) is 14.5. The second kappa shape index (κ2) is 7.27. The lowest BCUT2D eigenvalue weighted by atomic mass is 10.2. The number of halogens is 1. The van der Waals surface area contributed by atoms with E-state index >= 15 is 0 Å². The summed E-state index contributed by atoms with van der Waals surface area (Å²) in [6.07, 6.45) is -0.130. The first-order valence-corrected chi connectivity index (χ1v) is 7.35. The molecule has 1 aliphatic rings. The molecule has 0 radical (unpaired) electrons. The number of aliphatic hydroxyl groups is 1. The number of hydrogen-bond donors (Lipinski definition) is 1. The molecule has 3 atom stereocenters. The Morgan fingerprint density at radius 1 is 1.35 bits per heavy atom. The highest BCUT2D eigenvalue weighted by Crippen LogP contribution is 2.23. The van der Waals surface area contributed by atoms with E-state index in [0.717, 1.165) is 13.1 Å². The van der Waals surface area contributed by atoms with E-state index in [0.29, 0.717) is 17.3 Å². The summed E-state index contributed by atoms with van der Waals surface area (Å²) in [7, 11) is 0. The van der Waals surface area contributed by atoms with Crippen molar-refractivity contribution in [2.45, 2.75) is 32.2 Å². The molecule has 112 valence electrons. The average Bonchev–Trinajstić information content (AvgIpc) is 2.36. The molecule has 1 aromatic rings. The van der Waals surface area contributed by atoms with Crippen molar-refractivity contribution in [2.75, 3.05) is 26.2 Å². The highest BCUT2D eigenvalue weighted by molar-refractivity contribution is 6.32. The monoisotopic (exact) mass is 299 g/mol. The lowest BCUT2D eigenvalue weighted by Crippen LogP contribution is -2.48. The summed E-state index contributed by atoms with van der Waals surface area (Å²) in [5, 5.41) is 10.6. The van der Waals surface area contributed by atoms with Crippen molar-refractivity contribution >= 4 is 11.6 Å². The van der Waals surface area contributed by atoms with Crippen molar-refractivity contribution in [3.05, 3.63) is 29.3 Å². The number of para-hydroxylation sites is 1. The number of β-amino-alcohol motifs (C(OH)–C–C–N with tert-alkyl or cyclic N) is 1. The number of morpholine rings is 1. The van der Waals surface area contributed by atoms with E-state index in [9.17, 15) is 5.11 Å². The maximum Gasteiger partial charge on any atom is 0.138 e. The van der Waals surface area contributed by atoms with E-state index in [2.05, 4.69) is 18.7 Å². The summed E-state index contributed by atoms with van der Waals surface area (Å²) in [4.78, 5) is 2.21. The molecule has 20 heavy (non-hydrogen) atoms. The van der Waals surface area contributed by atoms with Gasteiger partial charge in [0.25, 0.3) is 0 Å². The van der Waals surface area contributed by atoms with Gasteiger partial charge in [-0.25, -0.2) is 0 Å². The van der Waals surface area contributed by atoms with Gasteiger partial charge in [0.05, 0.1) is 17.2 Å². The van der Waals surface area contributed by atoms with Crippen LogP contribution in [-0.4, -0.2) is 54.6 Å². The molecule has 1 fully saturated rings. The predicted octanol–water partition coefficient (Wildman–Crippen LogP) is 2.19. The molecular weight excluding hydrogens is 278 g/mol. The molecule has 0 aromatic heterocycles. The van der Waals surface area contributed by atoms with Crippen LogP contribution in [0.5, 0.6) is 5.75 Å². The van der Waals surface area contributed by atoms with Gasteiger partial charge in [-0.3, -0.25) is 4.90 Å². The summed E-state index contributed by atoms with van der Waals surface area (Å²) in [5.74, 6) is 0.608. The Morgan fingerprint density at radius 3 is 2.65 bits per heavy atom. The van der Waals surface area contributed by atoms with Crippen LogP contribution in [0.25, 0.3) is 0 Å². The number of hydrogen-bond acceptors (Lipinski definition) is 4. The van der Waals surface area contributed by atoms with Crippen molar-refractivity contribution in [1.82, 2.24) is 4.90 Å². The van der Waals surface area contributed by atoms with Gasteiger partial charge in [0.1, 0.15) is 18.5 Å². The molecule has 1 saturated heterocycles. The second-order valence-electron chi connectivity index (χ2n) is 5.37. The first kappa shape index (κ1) is 15.6. The summed E-state index contributed by atoms with van der Waals surface area (Å²) in [5.41, 5.74) is 0. The van der Waals surface area contributed by atoms with Crippen LogP contribution in [0.15, 0.2) is 24.3 Å². The van der Waals surface area contributed by atoms with Crippen LogP contribution in [-0.2, 0) is 4.74 Å². The Kier molecular flexibility index (Phi) is 5.66. The highest BCUT2D eigenvalue weighted by atomic mass is 35.5. The maximum absolute atomic E-state index is 10.1. The molecule has 2 rings (SSSR count). The van der Waals surface area contributed by atoms with Gasteiger partial charge in [-0.1, -0.05) is 23.7 Å². The fourth-order valence-corrected chi connectivity index (χ4v) is 2.72. The average molecular weight is 300 g/mol. The molecule has 0 bridgehead atoms. The Hall–Kier alpha value is -0.810. The Bertz CT molecular complexity index is 419. The molecular formula is C15H22ClNO3. The zero-order valence-electron chi connectivity index (χ0n) is 12.0. The number of benzene rings is 1. The van der Waals surface area contributed by atoms with Crippen molar-refractivity contribution in [3.63, 3.8) is 0 Å². The molecule has 1 heterocycles. The van der Waals surface area contributed by atoms with Crippen LogP contribution in [0.1, 0.15) is 13.8 Å². The van der Waals surface area contributed by atoms with Gasteiger partial charge in [-0.2, -0.15) is 0 Å². The molecule has 0 spiro atoms. The topological polar surface area (TPSA) is 41.9 Å².